The third-order valence-electron chi connectivity index (χ3n) is 2.54. The Hall–Kier alpha value is -1.94. The van der Waals surface area contributed by atoms with Crippen LogP contribution in [0.15, 0.2) is 40.8 Å². The minimum atomic E-state index is -0.175. The van der Waals surface area contributed by atoms with E-state index >= 15 is 0 Å². The van der Waals surface area contributed by atoms with Gasteiger partial charge in [0.15, 0.2) is 0 Å². The molecule has 0 bridgehead atoms. The monoisotopic (exact) mass is 258 g/mol. The van der Waals surface area contributed by atoms with Crippen molar-refractivity contribution in [1.29, 1.82) is 0 Å². The van der Waals surface area contributed by atoms with E-state index in [1.54, 1.807) is 12.3 Å². The van der Waals surface area contributed by atoms with Gasteiger partial charge in [-0.05, 0) is 36.4 Å². The topological polar surface area (TPSA) is 41.5 Å². The highest BCUT2D eigenvalue weighted by Gasteiger charge is 2.03. The van der Waals surface area contributed by atoms with E-state index in [1.807, 2.05) is 37.4 Å². The maximum absolute atomic E-state index is 11.6. The zero-order chi connectivity index (χ0) is 13.0. The van der Waals surface area contributed by atoms with Crippen LogP contribution in [-0.4, -0.2) is 12.1 Å². The van der Waals surface area contributed by atoms with Gasteiger partial charge in [-0.15, -0.1) is 11.3 Å². The van der Waals surface area contributed by atoms with E-state index in [2.05, 4.69) is 16.6 Å². The summed E-state index contributed by atoms with van der Waals surface area (Å²) in [5, 5.41) is 5.83. The van der Waals surface area contributed by atoms with E-state index < -0.39 is 0 Å². The van der Waals surface area contributed by atoms with E-state index in [1.165, 1.54) is 16.9 Å². The number of carbonyl (C=O) groups excluding carboxylic acids is 1. The second-order valence-corrected chi connectivity index (χ2v) is 4.98. The number of carbonyl (C=O) groups is 1. The zero-order valence-corrected chi connectivity index (χ0v) is 11.1. The van der Waals surface area contributed by atoms with Crippen molar-refractivity contribution in [3.63, 3.8) is 0 Å². The van der Waals surface area contributed by atoms with Crippen LogP contribution in [0, 0.1) is 13.8 Å². The van der Waals surface area contributed by atoms with Gasteiger partial charge >= 0.3 is 0 Å². The van der Waals surface area contributed by atoms with Crippen LogP contribution in [0.5, 0.6) is 0 Å². The number of amides is 1. The average molecular weight is 258 g/mol. The zero-order valence-electron chi connectivity index (χ0n) is 10.3. The Bertz CT molecular complexity index is 573. The molecule has 18 heavy (non-hydrogen) atoms. The Morgan fingerprint density at radius 1 is 1.33 bits per heavy atom. The number of benzene rings is 1. The van der Waals surface area contributed by atoms with Gasteiger partial charge in [0.25, 0.3) is 5.91 Å². The van der Waals surface area contributed by atoms with Crippen LogP contribution in [0.25, 0.3) is 0 Å². The maximum atomic E-state index is 11.6. The molecule has 0 atom stereocenters. The van der Waals surface area contributed by atoms with Crippen LogP contribution in [0.2, 0.25) is 0 Å². The van der Waals surface area contributed by atoms with Crippen LogP contribution in [-0.2, 0) is 0 Å². The average Bonchev–Trinajstić information content (AvgIpc) is 2.85. The SMILES string of the molecule is Cc1ccc(/C=N\NC(=O)c2cccs2)c(C)c1. The number of nitrogens with zero attached hydrogens (tertiary/aromatic N) is 1. The Morgan fingerprint density at radius 3 is 2.83 bits per heavy atom. The molecule has 1 amide bonds. The van der Waals surface area contributed by atoms with Gasteiger partial charge in [0.1, 0.15) is 0 Å². The first kappa shape index (κ1) is 12.5. The first-order chi connectivity index (χ1) is 8.66. The Kier molecular flexibility index (Phi) is 3.89. The summed E-state index contributed by atoms with van der Waals surface area (Å²) < 4.78 is 0. The number of nitrogens with one attached hydrogen (secondary N) is 1. The van der Waals surface area contributed by atoms with Gasteiger partial charge in [0, 0.05) is 0 Å². The van der Waals surface area contributed by atoms with Gasteiger partial charge in [0.05, 0.1) is 11.1 Å². The predicted octanol–water partition coefficient (Wildman–Crippen LogP) is 3.13. The van der Waals surface area contributed by atoms with Crippen molar-refractivity contribution in [2.45, 2.75) is 13.8 Å². The molecule has 0 aliphatic carbocycles. The van der Waals surface area contributed by atoms with E-state index in [4.69, 9.17) is 0 Å². The Labute approximate surface area is 110 Å². The lowest BCUT2D eigenvalue weighted by atomic mass is 10.1. The molecule has 1 N–H and O–H groups in total. The molecular formula is C14H14N2OS. The molecule has 1 aromatic carbocycles. The lowest BCUT2D eigenvalue weighted by Gasteiger charge is -2.01. The van der Waals surface area contributed by atoms with Crippen LogP contribution in [0.4, 0.5) is 0 Å². The van der Waals surface area contributed by atoms with Crippen LogP contribution in [0.3, 0.4) is 0 Å². The predicted molar refractivity (Wildman–Crippen MR) is 75.3 cm³/mol. The lowest BCUT2D eigenvalue weighted by molar-refractivity contribution is 0.0959. The standard InChI is InChI=1S/C14H14N2OS/c1-10-5-6-12(11(2)8-10)9-15-16-14(17)13-4-3-7-18-13/h3-9H,1-2H3,(H,16,17)/b15-9-. The van der Waals surface area contributed by atoms with Gasteiger partial charge in [-0.1, -0.05) is 29.8 Å². The molecule has 2 aromatic rings. The number of rotatable bonds is 3. The second-order valence-electron chi connectivity index (χ2n) is 4.04. The lowest BCUT2D eigenvalue weighted by Crippen LogP contribution is -2.16. The van der Waals surface area contributed by atoms with Crippen LogP contribution < -0.4 is 5.43 Å². The third kappa shape index (κ3) is 3.05. The summed E-state index contributed by atoms with van der Waals surface area (Å²) >= 11 is 1.40. The van der Waals surface area contributed by atoms with Gasteiger partial charge < -0.3 is 0 Å². The summed E-state index contributed by atoms with van der Waals surface area (Å²) in [5.74, 6) is -0.175. The molecule has 1 aromatic heterocycles. The van der Waals surface area contributed by atoms with Crippen LogP contribution >= 0.6 is 11.3 Å². The summed E-state index contributed by atoms with van der Waals surface area (Å²) in [5.41, 5.74) is 5.88. The highest BCUT2D eigenvalue weighted by atomic mass is 32.1. The largest absolute Gasteiger partial charge is 0.281 e. The molecule has 0 saturated heterocycles. The number of hydrogen-bond donors (Lipinski definition) is 1. The van der Waals surface area contributed by atoms with Gasteiger partial charge in [-0.25, -0.2) is 5.43 Å². The number of thiophene rings is 1. The molecule has 0 aliphatic heterocycles. The maximum Gasteiger partial charge on any atom is 0.281 e. The first-order valence-corrected chi connectivity index (χ1v) is 6.49. The first-order valence-electron chi connectivity index (χ1n) is 5.61. The van der Waals surface area contributed by atoms with Crippen molar-refractivity contribution in [2.75, 3.05) is 0 Å². The number of hydrogen-bond acceptors (Lipinski definition) is 3. The minimum absolute atomic E-state index is 0.175. The smallest absolute Gasteiger partial charge is 0.266 e. The fourth-order valence-electron chi connectivity index (χ4n) is 1.59. The molecule has 0 saturated carbocycles. The van der Waals surface area contributed by atoms with E-state index in [-0.39, 0.29) is 5.91 Å². The molecule has 92 valence electrons. The molecule has 4 heteroatoms. The van der Waals surface area contributed by atoms with Crippen molar-refractivity contribution >= 4 is 23.5 Å². The highest BCUT2D eigenvalue weighted by molar-refractivity contribution is 7.12. The molecule has 3 nitrogen and oxygen atoms in total. The summed E-state index contributed by atoms with van der Waals surface area (Å²) in [6.45, 7) is 4.07. The molecule has 0 aliphatic rings. The van der Waals surface area contributed by atoms with Gasteiger partial charge in [-0.3, -0.25) is 4.79 Å². The Morgan fingerprint density at radius 2 is 2.17 bits per heavy atom. The molecule has 0 unspecified atom stereocenters. The van der Waals surface area contributed by atoms with Crippen molar-refractivity contribution in [1.82, 2.24) is 5.43 Å². The van der Waals surface area contributed by atoms with Crippen molar-refractivity contribution < 1.29 is 4.79 Å². The summed E-state index contributed by atoms with van der Waals surface area (Å²) in [6.07, 6.45) is 1.67. The molecular weight excluding hydrogens is 244 g/mol. The summed E-state index contributed by atoms with van der Waals surface area (Å²) in [7, 11) is 0. The van der Waals surface area contributed by atoms with Crippen molar-refractivity contribution in [2.24, 2.45) is 5.10 Å². The van der Waals surface area contributed by atoms with Crippen LogP contribution in [0.1, 0.15) is 26.4 Å². The number of hydrazone groups is 1. The quantitative estimate of drug-likeness (QED) is 0.667. The molecule has 0 spiro atoms. The number of aryl methyl sites for hydroxylation is 2. The highest BCUT2D eigenvalue weighted by Crippen LogP contribution is 2.09. The molecule has 2 rings (SSSR count). The van der Waals surface area contributed by atoms with E-state index in [0.29, 0.717) is 4.88 Å². The van der Waals surface area contributed by atoms with E-state index in [0.717, 1.165) is 11.1 Å². The summed E-state index contributed by atoms with van der Waals surface area (Å²) in [6, 6.07) is 9.71. The van der Waals surface area contributed by atoms with Gasteiger partial charge in [0.2, 0.25) is 0 Å². The minimum Gasteiger partial charge on any atom is -0.266 e. The molecule has 0 radical (unpaired) electrons. The Balaban J connectivity index is 2.01. The summed E-state index contributed by atoms with van der Waals surface area (Å²) in [4.78, 5) is 12.3. The van der Waals surface area contributed by atoms with Crippen molar-refractivity contribution in [3.05, 3.63) is 57.3 Å². The molecule has 1 heterocycles. The van der Waals surface area contributed by atoms with E-state index in [9.17, 15) is 4.79 Å². The fraction of sp³-hybridized carbons (Fsp3) is 0.143. The molecule has 0 fully saturated rings. The fourth-order valence-corrected chi connectivity index (χ4v) is 2.21. The normalized spacial score (nSPS) is 10.8. The second kappa shape index (κ2) is 5.60. The third-order valence-corrected chi connectivity index (χ3v) is 3.41. The van der Waals surface area contributed by atoms with Gasteiger partial charge in [-0.2, -0.15) is 5.10 Å². The van der Waals surface area contributed by atoms with Crippen molar-refractivity contribution in [3.8, 4) is 0 Å².